The third-order valence-electron chi connectivity index (χ3n) is 6.93. The lowest BCUT2D eigenvalue weighted by Gasteiger charge is -2.38. The fraction of sp³-hybridized carbons (Fsp3) is 0.321. The van der Waals surface area contributed by atoms with Gasteiger partial charge in [0.2, 0.25) is 5.88 Å². The lowest BCUT2D eigenvalue weighted by atomic mass is 9.98. The fourth-order valence-corrected chi connectivity index (χ4v) is 4.94. The number of cyclic esters (lactones) is 1. The van der Waals surface area contributed by atoms with E-state index in [4.69, 9.17) is 14.6 Å². The van der Waals surface area contributed by atoms with Crippen molar-refractivity contribution >= 4 is 12.1 Å². The topological polar surface area (TPSA) is 92.2 Å². The quantitative estimate of drug-likeness (QED) is 0.499. The predicted octanol–water partition coefficient (Wildman–Crippen LogP) is 5.04. The van der Waals surface area contributed by atoms with E-state index in [2.05, 4.69) is 22.0 Å². The largest absolute Gasteiger partial charge is 0.478 e. The Labute approximate surface area is 210 Å². The number of piperidine rings is 1. The summed E-state index contributed by atoms with van der Waals surface area (Å²) in [5.74, 6) is 0.0359. The van der Waals surface area contributed by atoms with E-state index >= 15 is 0 Å². The summed E-state index contributed by atoms with van der Waals surface area (Å²) in [5, 5.41) is 9.03. The highest BCUT2D eigenvalue weighted by atomic mass is 16.6. The van der Waals surface area contributed by atoms with Crippen LogP contribution in [0.1, 0.15) is 46.1 Å². The second kappa shape index (κ2) is 10.4. The number of aryl methyl sites for hydroxylation is 1. The minimum Gasteiger partial charge on any atom is -0.478 e. The van der Waals surface area contributed by atoms with Crippen LogP contribution >= 0.6 is 0 Å². The van der Waals surface area contributed by atoms with Crippen molar-refractivity contribution in [3.63, 3.8) is 0 Å². The highest BCUT2D eigenvalue weighted by Crippen LogP contribution is 2.33. The molecule has 0 saturated carbocycles. The first-order valence-electron chi connectivity index (χ1n) is 12.2. The average Bonchev–Trinajstić information content (AvgIpc) is 3.28. The van der Waals surface area contributed by atoms with E-state index in [0.717, 1.165) is 49.3 Å². The summed E-state index contributed by atoms with van der Waals surface area (Å²) in [6.07, 6.45) is 1.59. The summed E-state index contributed by atoms with van der Waals surface area (Å²) in [7, 11) is 0. The molecule has 2 aromatic carbocycles. The molecule has 5 rings (SSSR count). The highest BCUT2D eigenvalue weighted by molar-refractivity contribution is 5.87. The molecule has 2 fully saturated rings. The number of carboxylic acid groups (broad SMARTS) is 1. The summed E-state index contributed by atoms with van der Waals surface area (Å²) in [6, 6.07) is 20.4. The molecule has 2 aliphatic rings. The molecule has 0 spiro atoms. The van der Waals surface area contributed by atoms with Gasteiger partial charge in [-0.05, 0) is 55.2 Å². The third-order valence-corrected chi connectivity index (χ3v) is 6.93. The van der Waals surface area contributed by atoms with Gasteiger partial charge in [0.1, 0.15) is 12.4 Å². The van der Waals surface area contributed by atoms with E-state index in [9.17, 15) is 9.59 Å². The Morgan fingerprint density at radius 1 is 1.06 bits per heavy atom. The highest BCUT2D eigenvalue weighted by Gasteiger charge is 2.40. The second-order valence-electron chi connectivity index (χ2n) is 9.24. The van der Waals surface area contributed by atoms with E-state index in [1.807, 2.05) is 42.2 Å². The number of rotatable bonds is 7. The molecule has 0 bridgehead atoms. The lowest BCUT2D eigenvalue weighted by Crippen LogP contribution is -2.46. The minimum atomic E-state index is -0.972. The number of hydrogen-bond donors (Lipinski definition) is 1. The van der Waals surface area contributed by atoms with Gasteiger partial charge in [-0.25, -0.2) is 14.6 Å². The number of carbonyl (C=O) groups excluding carboxylic acids is 1. The van der Waals surface area contributed by atoms with Gasteiger partial charge in [0, 0.05) is 37.4 Å². The molecule has 36 heavy (non-hydrogen) atoms. The Hall–Kier alpha value is -3.91. The first kappa shape index (κ1) is 23.8. The van der Waals surface area contributed by atoms with Gasteiger partial charge in [0.05, 0.1) is 11.6 Å². The Morgan fingerprint density at radius 3 is 2.44 bits per heavy atom. The smallest absolute Gasteiger partial charge is 0.410 e. The van der Waals surface area contributed by atoms with Crippen molar-refractivity contribution in [3.8, 4) is 11.6 Å². The zero-order valence-corrected chi connectivity index (χ0v) is 20.2. The van der Waals surface area contributed by atoms with Gasteiger partial charge in [-0.15, -0.1) is 0 Å². The number of hydrogen-bond acceptors (Lipinski definition) is 6. The van der Waals surface area contributed by atoms with Crippen LogP contribution in [-0.4, -0.2) is 57.7 Å². The van der Waals surface area contributed by atoms with Gasteiger partial charge < -0.3 is 14.6 Å². The predicted molar refractivity (Wildman–Crippen MR) is 133 cm³/mol. The molecule has 1 atom stereocenters. The van der Waals surface area contributed by atoms with Crippen LogP contribution < -0.4 is 4.74 Å². The van der Waals surface area contributed by atoms with Crippen LogP contribution in [0.4, 0.5) is 4.79 Å². The fourth-order valence-electron chi connectivity index (χ4n) is 4.94. The van der Waals surface area contributed by atoms with Crippen molar-refractivity contribution in [1.29, 1.82) is 0 Å². The second-order valence-corrected chi connectivity index (χ2v) is 9.24. The Kier molecular flexibility index (Phi) is 6.86. The molecular formula is C28H29N3O5. The number of likely N-dealkylation sites (tertiary alicyclic amines) is 1. The van der Waals surface area contributed by atoms with E-state index < -0.39 is 5.97 Å². The van der Waals surface area contributed by atoms with E-state index in [0.29, 0.717) is 18.2 Å². The minimum absolute atomic E-state index is 0.0189. The van der Waals surface area contributed by atoms with Crippen molar-refractivity contribution in [2.24, 2.45) is 0 Å². The molecule has 2 saturated heterocycles. The monoisotopic (exact) mass is 487 g/mol. The molecule has 0 radical (unpaired) electrons. The Bertz CT molecular complexity index is 1220. The number of carboxylic acids is 1. The van der Waals surface area contributed by atoms with Crippen molar-refractivity contribution in [2.75, 3.05) is 19.7 Å². The van der Waals surface area contributed by atoms with Crippen LogP contribution in [0.3, 0.4) is 0 Å². The maximum absolute atomic E-state index is 12.5. The number of pyridine rings is 1. The number of aromatic carboxylic acids is 1. The van der Waals surface area contributed by atoms with Gasteiger partial charge in [-0.2, -0.15) is 0 Å². The molecule has 2 aliphatic heterocycles. The summed E-state index contributed by atoms with van der Waals surface area (Å²) < 4.78 is 11.2. The van der Waals surface area contributed by atoms with E-state index in [-0.39, 0.29) is 23.7 Å². The SMILES string of the molecule is Cc1nc(Oc2ccc(C(=O)O)cc2)ccc1CN1CCC(N2C(=O)OC[C@H]2c2ccccc2)CC1. The molecule has 8 heteroatoms. The number of aromatic nitrogens is 1. The van der Waals surface area contributed by atoms with Crippen molar-refractivity contribution in [2.45, 2.75) is 38.4 Å². The van der Waals surface area contributed by atoms with Crippen molar-refractivity contribution in [3.05, 3.63) is 89.1 Å². The zero-order chi connectivity index (χ0) is 25.1. The summed E-state index contributed by atoms with van der Waals surface area (Å²) in [5.41, 5.74) is 3.35. The molecule has 1 aromatic heterocycles. The average molecular weight is 488 g/mol. The first-order valence-corrected chi connectivity index (χ1v) is 12.2. The molecule has 0 unspecified atom stereocenters. The van der Waals surface area contributed by atoms with Crippen LogP contribution in [0.5, 0.6) is 11.6 Å². The third kappa shape index (κ3) is 5.18. The van der Waals surface area contributed by atoms with Crippen LogP contribution in [-0.2, 0) is 11.3 Å². The maximum atomic E-state index is 12.5. The Balaban J connectivity index is 1.17. The number of carbonyl (C=O) groups is 2. The van der Waals surface area contributed by atoms with Gasteiger partial charge in [0.15, 0.2) is 0 Å². The molecule has 8 nitrogen and oxygen atoms in total. The molecule has 0 aliphatic carbocycles. The van der Waals surface area contributed by atoms with Gasteiger partial charge in [0.25, 0.3) is 0 Å². The number of ether oxygens (including phenoxy) is 2. The van der Waals surface area contributed by atoms with E-state index in [1.54, 1.807) is 12.1 Å². The van der Waals surface area contributed by atoms with Crippen LogP contribution in [0, 0.1) is 6.92 Å². The lowest BCUT2D eigenvalue weighted by molar-refractivity contribution is 0.0696. The molecular weight excluding hydrogens is 458 g/mol. The molecule has 1 N–H and O–H groups in total. The van der Waals surface area contributed by atoms with E-state index in [1.165, 1.54) is 12.1 Å². The molecule has 3 heterocycles. The molecule has 186 valence electrons. The normalized spacial score (nSPS) is 18.8. The van der Waals surface area contributed by atoms with Gasteiger partial charge >= 0.3 is 12.1 Å². The zero-order valence-electron chi connectivity index (χ0n) is 20.2. The number of nitrogens with zero attached hydrogens (tertiary/aromatic N) is 3. The van der Waals surface area contributed by atoms with Crippen LogP contribution in [0.2, 0.25) is 0 Å². The van der Waals surface area contributed by atoms with Crippen molar-refractivity contribution < 1.29 is 24.2 Å². The maximum Gasteiger partial charge on any atom is 0.410 e. The summed E-state index contributed by atoms with van der Waals surface area (Å²) in [6.45, 7) is 4.94. The summed E-state index contributed by atoms with van der Waals surface area (Å²) >= 11 is 0. The Morgan fingerprint density at radius 2 is 1.78 bits per heavy atom. The van der Waals surface area contributed by atoms with Crippen LogP contribution in [0.15, 0.2) is 66.7 Å². The molecule has 3 aromatic rings. The van der Waals surface area contributed by atoms with Crippen LogP contribution in [0.25, 0.3) is 0 Å². The van der Waals surface area contributed by atoms with Crippen molar-refractivity contribution in [1.82, 2.24) is 14.8 Å². The van der Waals surface area contributed by atoms with Gasteiger partial charge in [-0.1, -0.05) is 36.4 Å². The standard InChI is InChI=1S/C28H29N3O5/c1-19-22(9-12-26(29-19)36-24-10-7-21(8-11-24)27(32)33)17-30-15-13-23(14-16-30)31-25(18-35-28(31)34)20-5-3-2-4-6-20/h2-12,23,25H,13-18H2,1H3,(H,32,33)/t25-/m0/s1. The molecule has 1 amide bonds. The summed E-state index contributed by atoms with van der Waals surface area (Å²) in [4.78, 5) is 32.5. The number of amides is 1. The number of benzene rings is 2. The van der Waals surface area contributed by atoms with Gasteiger partial charge in [-0.3, -0.25) is 9.80 Å². The first-order chi connectivity index (χ1) is 17.5.